The first-order valence-electron chi connectivity index (χ1n) is 6.95. The largest absolute Gasteiger partial charge is 0.348 e. The van der Waals surface area contributed by atoms with Crippen LogP contribution in [0.15, 0.2) is 30.3 Å². The summed E-state index contributed by atoms with van der Waals surface area (Å²) in [6.07, 6.45) is 2.09. The van der Waals surface area contributed by atoms with E-state index in [9.17, 15) is 4.79 Å². The molecule has 1 aliphatic rings. The minimum absolute atomic E-state index is 0.0163. The molecule has 1 amide bonds. The first-order chi connectivity index (χ1) is 9.15. The highest BCUT2D eigenvalue weighted by Crippen LogP contribution is 2.17. The van der Waals surface area contributed by atoms with E-state index in [1.165, 1.54) is 0 Å². The number of amides is 1. The van der Waals surface area contributed by atoms with E-state index in [1.807, 2.05) is 18.2 Å². The topological polar surface area (TPSA) is 58.4 Å². The van der Waals surface area contributed by atoms with Crippen LogP contribution in [0, 0.1) is 0 Å². The van der Waals surface area contributed by atoms with Crippen molar-refractivity contribution < 1.29 is 4.79 Å². The van der Waals surface area contributed by atoms with Crippen molar-refractivity contribution in [3.05, 3.63) is 35.9 Å². The Bertz CT molecular complexity index is 399. The van der Waals surface area contributed by atoms with Crippen molar-refractivity contribution >= 4 is 5.91 Å². The highest BCUT2D eigenvalue weighted by molar-refractivity contribution is 5.73. The van der Waals surface area contributed by atoms with E-state index in [-0.39, 0.29) is 11.9 Å². The number of hydrogen-bond donors (Lipinski definition) is 2. The van der Waals surface area contributed by atoms with Crippen LogP contribution in [0.2, 0.25) is 0 Å². The summed E-state index contributed by atoms with van der Waals surface area (Å²) in [5.41, 5.74) is 7.08. The number of nitrogens with one attached hydrogen (secondary N) is 1. The molecule has 1 fully saturated rings. The maximum Gasteiger partial charge on any atom is 0.217 e. The molecule has 1 atom stereocenters. The molecule has 0 aliphatic carbocycles. The Morgan fingerprint density at radius 2 is 2.00 bits per heavy atom. The molecule has 1 aliphatic heterocycles. The highest BCUT2D eigenvalue weighted by atomic mass is 16.1. The van der Waals surface area contributed by atoms with E-state index in [0.29, 0.717) is 6.04 Å². The van der Waals surface area contributed by atoms with Gasteiger partial charge < -0.3 is 16.0 Å². The molecule has 0 aromatic heterocycles. The first kappa shape index (κ1) is 14.0. The van der Waals surface area contributed by atoms with Gasteiger partial charge >= 0.3 is 0 Å². The lowest BCUT2D eigenvalue weighted by Crippen LogP contribution is -2.44. The molecule has 3 N–H and O–H groups in total. The van der Waals surface area contributed by atoms with Crippen molar-refractivity contribution in [2.75, 3.05) is 19.6 Å². The van der Waals surface area contributed by atoms with E-state index in [1.54, 1.807) is 6.92 Å². The third kappa shape index (κ3) is 4.33. The number of likely N-dealkylation sites (tertiary alicyclic amines) is 1. The molecular weight excluding hydrogens is 238 g/mol. The van der Waals surface area contributed by atoms with Gasteiger partial charge in [-0.05, 0) is 31.5 Å². The first-order valence-corrected chi connectivity index (χ1v) is 6.95. The number of benzene rings is 1. The second-order valence-electron chi connectivity index (χ2n) is 5.30. The summed E-state index contributed by atoms with van der Waals surface area (Å²) >= 11 is 0. The van der Waals surface area contributed by atoms with Crippen LogP contribution in [-0.4, -0.2) is 36.5 Å². The van der Waals surface area contributed by atoms with Crippen molar-refractivity contribution in [3.63, 3.8) is 0 Å². The van der Waals surface area contributed by atoms with Gasteiger partial charge in [0.05, 0.1) is 6.04 Å². The molecule has 1 heterocycles. The summed E-state index contributed by atoms with van der Waals surface area (Å²) in [6, 6.07) is 10.5. The van der Waals surface area contributed by atoms with Gasteiger partial charge in [0.2, 0.25) is 5.91 Å². The fourth-order valence-electron chi connectivity index (χ4n) is 2.56. The van der Waals surface area contributed by atoms with Gasteiger partial charge in [0.25, 0.3) is 0 Å². The third-order valence-corrected chi connectivity index (χ3v) is 3.65. The number of nitrogens with zero attached hydrogens (tertiary/aromatic N) is 1. The number of piperidine rings is 1. The number of carbonyl (C=O) groups excluding carboxylic acids is 1. The zero-order chi connectivity index (χ0) is 13.7. The van der Waals surface area contributed by atoms with Crippen LogP contribution < -0.4 is 11.1 Å². The van der Waals surface area contributed by atoms with Gasteiger partial charge in [-0.25, -0.2) is 0 Å². The van der Waals surface area contributed by atoms with E-state index < -0.39 is 0 Å². The minimum atomic E-state index is 0.0163. The SMILES string of the molecule is CC(=O)N[C@H](CN1CCC(N)CC1)c1ccccc1. The lowest BCUT2D eigenvalue weighted by atomic mass is 10.0. The Kier molecular flexibility index (Phi) is 4.93. The van der Waals surface area contributed by atoms with E-state index in [4.69, 9.17) is 5.73 Å². The van der Waals surface area contributed by atoms with Crippen molar-refractivity contribution in [1.29, 1.82) is 0 Å². The van der Waals surface area contributed by atoms with Crippen LogP contribution in [0.5, 0.6) is 0 Å². The lowest BCUT2D eigenvalue weighted by Gasteiger charge is -2.33. The molecule has 0 saturated carbocycles. The predicted octanol–water partition coefficient (Wildman–Crippen LogP) is 1.29. The molecule has 1 aromatic carbocycles. The number of hydrogen-bond acceptors (Lipinski definition) is 3. The predicted molar refractivity (Wildman–Crippen MR) is 76.6 cm³/mol. The molecule has 0 spiro atoms. The van der Waals surface area contributed by atoms with Gasteiger partial charge in [0, 0.05) is 19.5 Å². The maximum absolute atomic E-state index is 11.4. The number of rotatable bonds is 4. The summed E-state index contributed by atoms with van der Waals surface area (Å²) in [7, 11) is 0. The highest BCUT2D eigenvalue weighted by Gasteiger charge is 2.21. The summed E-state index contributed by atoms with van der Waals surface area (Å²) in [4.78, 5) is 13.8. The van der Waals surface area contributed by atoms with Crippen molar-refractivity contribution in [3.8, 4) is 0 Å². The Morgan fingerprint density at radius 1 is 1.37 bits per heavy atom. The van der Waals surface area contributed by atoms with Crippen molar-refractivity contribution in [1.82, 2.24) is 10.2 Å². The average Bonchev–Trinajstić information content (AvgIpc) is 2.41. The van der Waals surface area contributed by atoms with Gasteiger partial charge in [-0.1, -0.05) is 30.3 Å². The van der Waals surface area contributed by atoms with E-state index in [0.717, 1.165) is 38.0 Å². The van der Waals surface area contributed by atoms with Gasteiger partial charge in [0.15, 0.2) is 0 Å². The molecule has 4 heteroatoms. The molecule has 0 radical (unpaired) electrons. The fraction of sp³-hybridized carbons (Fsp3) is 0.533. The Labute approximate surface area is 115 Å². The van der Waals surface area contributed by atoms with Crippen LogP contribution in [-0.2, 0) is 4.79 Å². The summed E-state index contributed by atoms with van der Waals surface area (Å²) in [5.74, 6) is 0.0163. The zero-order valence-corrected chi connectivity index (χ0v) is 11.5. The molecule has 0 bridgehead atoms. The Hall–Kier alpha value is -1.39. The van der Waals surface area contributed by atoms with Crippen LogP contribution in [0.3, 0.4) is 0 Å². The molecule has 0 unspecified atom stereocenters. The number of carbonyl (C=O) groups is 1. The van der Waals surface area contributed by atoms with E-state index >= 15 is 0 Å². The molecular formula is C15H23N3O. The van der Waals surface area contributed by atoms with Gasteiger partial charge in [-0.15, -0.1) is 0 Å². The smallest absolute Gasteiger partial charge is 0.217 e. The summed E-state index contributed by atoms with van der Waals surface area (Å²) < 4.78 is 0. The van der Waals surface area contributed by atoms with Crippen LogP contribution in [0.1, 0.15) is 31.4 Å². The van der Waals surface area contributed by atoms with Gasteiger partial charge in [-0.2, -0.15) is 0 Å². The number of nitrogens with two attached hydrogens (primary N) is 1. The van der Waals surface area contributed by atoms with Crippen LogP contribution in [0.25, 0.3) is 0 Å². The standard InChI is InChI=1S/C15H23N3O/c1-12(19)17-15(13-5-3-2-4-6-13)11-18-9-7-14(16)8-10-18/h2-6,14-15H,7-11,16H2,1H3,(H,17,19)/t15-/m1/s1. The lowest BCUT2D eigenvalue weighted by molar-refractivity contribution is -0.119. The molecule has 2 rings (SSSR count). The molecule has 1 saturated heterocycles. The van der Waals surface area contributed by atoms with Crippen molar-refractivity contribution in [2.24, 2.45) is 5.73 Å². The molecule has 4 nitrogen and oxygen atoms in total. The summed E-state index contributed by atoms with van der Waals surface area (Å²) in [6.45, 7) is 4.46. The second kappa shape index (κ2) is 6.68. The molecule has 1 aromatic rings. The quantitative estimate of drug-likeness (QED) is 0.858. The third-order valence-electron chi connectivity index (χ3n) is 3.65. The molecule has 104 valence electrons. The normalized spacial score (nSPS) is 19.1. The van der Waals surface area contributed by atoms with Gasteiger partial charge in [0.1, 0.15) is 0 Å². The summed E-state index contributed by atoms with van der Waals surface area (Å²) in [5, 5.41) is 3.04. The zero-order valence-electron chi connectivity index (χ0n) is 11.5. The molecule has 19 heavy (non-hydrogen) atoms. The van der Waals surface area contributed by atoms with Crippen LogP contribution >= 0.6 is 0 Å². The monoisotopic (exact) mass is 261 g/mol. The van der Waals surface area contributed by atoms with E-state index in [2.05, 4.69) is 22.3 Å². The minimum Gasteiger partial charge on any atom is -0.348 e. The average molecular weight is 261 g/mol. The second-order valence-corrected chi connectivity index (χ2v) is 5.30. The Morgan fingerprint density at radius 3 is 2.58 bits per heavy atom. The van der Waals surface area contributed by atoms with Crippen molar-refractivity contribution in [2.45, 2.75) is 31.8 Å². The van der Waals surface area contributed by atoms with Gasteiger partial charge in [-0.3, -0.25) is 4.79 Å². The van der Waals surface area contributed by atoms with Crippen LogP contribution in [0.4, 0.5) is 0 Å². The maximum atomic E-state index is 11.4. The fourth-order valence-corrected chi connectivity index (χ4v) is 2.56. The Balaban J connectivity index is 2.00.